The Morgan fingerprint density at radius 1 is 1.13 bits per heavy atom. The number of fused-ring (bicyclic) bond motifs is 1. The van der Waals surface area contributed by atoms with Crippen LogP contribution in [0.3, 0.4) is 0 Å². The lowest BCUT2D eigenvalue weighted by atomic mass is 10.1. The lowest BCUT2D eigenvalue weighted by molar-refractivity contribution is -0.137. The number of anilines is 1. The van der Waals surface area contributed by atoms with Crippen molar-refractivity contribution in [3.63, 3.8) is 0 Å². The van der Waals surface area contributed by atoms with Gasteiger partial charge in [-0.3, -0.25) is 9.20 Å². The van der Waals surface area contributed by atoms with Crippen molar-refractivity contribution >= 4 is 28.0 Å². The maximum atomic E-state index is 12.6. The van der Waals surface area contributed by atoms with Crippen molar-refractivity contribution in [3.8, 4) is 0 Å². The Balaban J connectivity index is 1.39. The van der Waals surface area contributed by atoms with E-state index in [0.29, 0.717) is 22.8 Å². The van der Waals surface area contributed by atoms with E-state index in [2.05, 4.69) is 15.4 Å². The number of amides is 1. The van der Waals surface area contributed by atoms with E-state index in [9.17, 15) is 22.8 Å². The van der Waals surface area contributed by atoms with Crippen LogP contribution in [-0.4, -0.2) is 25.1 Å². The van der Waals surface area contributed by atoms with Gasteiger partial charge in [0.1, 0.15) is 6.54 Å². The van der Waals surface area contributed by atoms with E-state index in [1.165, 1.54) is 27.9 Å². The fraction of sp³-hybridized carbons (Fsp3) is 0.158. The number of rotatable bonds is 5. The molecule has 1 amide bonds. The summed E-state index contributed by atoms with van der Waals surface area (Å²) in [4.78, 5) is 29.3. The molecule has 0 aliphatic carbocycles. The van der Waals surface area contributed by atoms with Crippen LogP contribution < -0.4 is 11.0 Å². The SMILES string of the molecule is O=C(Cn1nc2ccccn2c1=O)Nc1ncc(Cc2ccc(C(F)(F)F)cc2)s1. The second-order valence-corrected chi connectivity index (χ2v) is 7.54. The fourth-order valence-corrected chi connectivity index (χ4v) is 3.69. The van der Waals surface area contributed by atoms with Crippen molar-refractivity contribution in [1.82, 2.24) is 19.2 Å². The molecule has 0 saturated carbocycles. The smallest absolute Gasteiger partial charge is 0.300 e. The Hall–Kier alpha value is -3.47. The number of carbonyl (C=O) groups excluding carboxylic acids is 1. The molecule has 0 spiro atoms. The highest BCUT2D eigenvalue weighted by molar-refractivity contribution is 7.15. The second kappa shape index (κ2) is 7.75. The number of aromatic nitrogens is 4. The highest BCUT2D eigenvalue weighted by Crippen LogP contribution is 2.29. The molecular weight excluding hydrogens is 419 g/mol. The molecule has 154 valence electrons. The average molecular weight is 433 g/mol. The minimum atomic E-state index is -4.37. The summed E-state index contributed by atoms with van der Waals surface area (Å²) >= 11 is 1.21. The van der Waals surface area contributed by atoms with Crippen LogP contribution in [0.25, 0.3) is 5.65 Å². The molecule has 0 aliphatic heterocycles. The molecule has 0 fully saturated rings. The summed E-state index contributed by atoms with van der Waals surface area (Å²) in [6.45, 7) is -0.270. The fourth-order valence-electron chi connectivity index (χ4n) is 2.83. The van der Waals surface area contributed by atoms with Crippen molar-refractivity contribution in [1.29, 1.82) is 0 Å². The molecule has 0 saturated heterocycles. The topological polar surface area (TPSA) is 81.3 Å². The second-order valence-electron chi connectivity index (χ2n) is 6.42. The molecular formula is C19H14F3N5O2S. The molecule has 0 bridgehead atoms. The maximum Gasteiger partial charge on any atom is 0.416 e. The van der Waals surface area contributed by atoms with E-state index < -0.39 is 23.3 Å². The number of alkyl halides is 3. The van der Waals surface area contributed by atoms with Gasteiger partial charge in [0, 0.05) is 23.7 Å². The number of pyridine rings is 1. The molecule has 4 rings (SSSR count). The molecule has 7 nitrogen and oxygen atoms in total. The van der Waals surface area contributed by atoms with Crippen molar-refractivity contribution in [2.75, 3.05) is 5.32 Å². The normalized spacial score (nSPS) is 11.7. The molecule has 1 N–H and O–H groups in total. The maximum absolute atomic E-state index is 12.6. The number of halogens is 3. The lowest BCUT2D eigenvalue weighted by Gasteiger charge is -2.06. The largest absolute Gasteiger partial charge is 0.416 e. The quantitative estimate of drug-likeness (QED) is 0.524. The van der Waals surface area contributed by atoms with Crippen LogP contribution in [0.5, 0.6) is 0 Å². The first-order valence-corrected chi connectivity index (χ1v) is 9.56. The first-order chi connectivity index (χ1) is 14.3. The van der Waals surface area contributed by atoms with Crippen molar-refractivity contribution < 1.29 is 18.0 Å². The van der Waals surface area contributed by atoms with Gasteiger partial charge < -0.3 is 5.32 Å². The van der Waals surface area contributed by atoms with Crippen LogP contribution in [0, 0.1) is 0 Å². The molecule has 11 heteroatoms. The third kappa shape index (κ3) is 4.25. The van der Waals surface area contributed by atoms with Gasteiger partial charge in [0.05, 0.1) is 5.56 Å². The zero-order valence-corrected chi connectivity index (χ0v) is 16.1. The van der Waals surface area contributed by atoms with Crippen LogP contribution in [0.2, 0.25) is 0 Å². The van der Waals surface area contributed by atoms with Gasteiger partial charge in [-0.1, -0.05) is 18.2 Å². The van der Waals surface area contributed by atoms with Crippen molar-refractivity contribution in [3.05, 3.63) is 81.3 Å². The molecule has 0 atom stereocenters. The van der Waals surface area contributed by atoms with Gasteiger partial charge in [0.15, 0.2) is 10.8 Å². The third-order valence-electron chi connectivity index (χ3n) is 4.24. The minimum Gasteiger partial charge on any atom is -0.300 e. The van der Waals surface area contributed by atoms with Crippen LogP contribution in [0.15, 0.2) is 59.7 Å². The Kier molecular flexibility index (Phi) is 5.12. The molecule has 1 aromatic carbocycles. The van der Waals surface area contributed by atoms with Gasteiger partial charge in [-0.2, -0.15) is 13.2 Å². The number of benzene rings is 1. The lowest BCUT2D eigenvalue weighted by Crippen LogP contribution is -2.28. The van der Waals surface area contributed by atoms with E-state index in [-0.39, 0.29) is 6.54 Å². The minimum absolute atomic E-state index is 0.270. The Morgan fingerprint density at radius 3 is 2.60 bits per heavy atom. The van der Waals surface area contributed by atoms with Crippen LogP contribution >= 0.6 is 11.3 Å². The van der Waals surface area contributed by atoms with Gasteiger partial charge in [0.2, 0.25) is 5.91 Å². The number of nitrogens with one attached hydrogen (secondary N) is 1. The Morgan fingerprint density at radius 2 is 1.90 bits per heavy atom. The first kappa shape index (κ1) is 19.8. The zero-order valence-electron chi connectivity index (χ0n) is 15.3. The molecule has 3 aromatic heterocycles. The molecule has 0 aliphatic rings. The van der Waals surface area contributed by atoms with E-state index in [1.807, 2.05) is 0 Å². The highest BCUT2D eigenvalue weighted by Gasteiger charge is 2.29. The van der Waals surface area contributed by atoms with E-state index in [4.69, 9.17) is 0 Å². The number of nitrogens with zero attached hydrogens (tertiary/aromatic N) is 4. The van der Waals surface area contributed by atoms with E-state index in [0.717, 1.165) is 21.7 Å². The zero-order chi connectivity index (χ0) is 21.3. The molecule has 30 heavy (non-hydrogen) atoms. The Bertz CT molecular complexity index is 1260. The van der Waals surface area contributed by atoms with Crippen molar-refractivity contribution in [2.24, 2.45) is 0 Å². The predicted octanol–water partition coefficient (Wildman–Crippen LogP) is 3.20. The van der Waals surface area contributed by atoms with Gasteiger partial charge >= 0.3 is 11.9 Å². The summed E-state index contributed by atoms with van der Waals surface area (Å²) in [7, 11) is 0. The number of hydrogen-bond donors (Lipinski definition) is 1. The summed E-state index contributed by atoms with van der Waals surface area (Å²) in [6, 6.07) is 9.98. The number of thiazole rings is 1. The standard InChI is InChI=1S/C19H14F3N5O2S/c20-19(21,22)13-6-4-12(5-7-13)9-14-10-23-17(30-14)24-16(28)11-27-18(29)26-8-2-1-3-15(26)25-27/h1-8,10H,9,11H2,(H,23,24,28). The summed E-state index contributed by atoms with van der Waals surface area (Å²) in [5.41, 5.74) is -0.00210. The molecule has 0 unspecified atom stereocenters. The first-order valence-electron chi connectivity index (χ1n) is 8.74. The molecule has 0 radical (unpaired) electrons. The average Bonchev–Trinajstić information content (AvgIpc) is 3.26. The predicted molar refractivity (Wildman–Crippen MR) is 104 cm³/mol. The van der Waals surface area contributed by atoms with E-state index in [1.54, 1.807) is 30.6 Å². The Labute approximate surface area is 171 Å². The summed E-state index contributed by atoms with van der Waals surface area (Å²) in [5, 5.41) is 7.03. The molecule has 3 heterocycles. The highest BCUT2D eigenvalue weighted by atomic mass is 32.1. The van der Waals surface area contributed by atoms with Crippen LogP contribution in [0.1, 0.15) is 16.0 Å². The van der Waals surface area contributed by atoms with Crippen molar-refractivity contribution in [2.45, 2.75) is 19.1 Å². The summed E-state index contributed by atoms with van der Waals surface area (Å²) in [5.74, 6) is -0.462. The van der Waals surface area contributed by atoms with Gasteiger partial charge in [-0.15, -0.1) is 16.4 Å². The number of carbonyl (C=O) groups is 1. The third-order valence-corrected chi connectivity index (χ3v) is 5.15. The van der Waals surface area contributed by atoms with Gasteiger partial charge in [0.25, 0.3) is 0 Å². The van der Waals surface area contributed by atoms with E-state index >= 15 is 0 Å². The summed E-state index contributed by atoms with van der Waals surface area (Å²) < 4.78 is 40.3. The van der Waals surface area contributed by atoms with Gasteiger partial charge in [-0.25, -0.2) is 14.5 Å². The number of hydrogen-bond acceptors (Lipinski definition) is 5. The summed E-state index contributed by atoms with van der Waals surface area (Å²) in [6.07, 6.45) is -0.872. The molecule has 4 aromatic rings. The van der Waals surface area contributed by atoms with Crippen LogP contribution in [-0.2, 0) is 23.9 Å². The monoisotopic (exact) mass is 433 g/mol. The van der Waals surface area contributed by atoms with Crippen LogP contribution in [0.4, 0.5) is 18.3 Å². The van der Waals surface area contributed by atoms with Gasteiger partial charge in [-0.05, 0) is 29.8 Å².